The van der Waals surface area contributed by atoms with Crippen LogP contribution in [0.3, 0.4) is 0 Å². The summed E-state index contributed by atoms with van der Waals surface area (Å²) in [7, 11) is 3.24. The number of carbonyl (C=O) groups excluding carboxylic acids is 2. The molecule has 9 nitrogen and oxygen atoms in total. The van der Waals surface area contributed by atoms with Crippen LogP contribution in [0.5, 0.6) is 23.0 Å². The van der Waals surface area contributed by atoms with Gasteiger partial charge in [-0.2, -0.15) is 0 Å². The summed E-state index contributed by atoms with van der Waals surface area (Å²) in [6, 6.07) is 13.8. The Morgan fingerprint density at radius 2 is 0.919 bits per heavy atom. The number of methoxy groups -OCH3 is 2. The summed E-state index contributed by atoms with van der Waals surface area (Å²) < 4.78 is 37.4. The highest BCUT2D eigenvalue weighted by molar-refractivity contribution is 5.77. The maximum absolute atomic E-state index is 12.6. The molecular formula is C28H36O9. The van der Waals surface area contributed by atoms with Gasteiger partial charge in [-0.3, -0.25) is 9.59 Å². The van der Waals surface area contributed by atoms with Gasteiger partial charge in [-0.1, -0.05) is 0 Å². The zero-order chi connectivity index (χ0) is 26.3. The largest absolute Gasteiger partial charge is 0.491 e. The van der Waals surface area contributed by atoms with Crippen molar-refractivity contribution in [3.05, 3.63) is 48.5 Å². The number of ether oxygens (including phenoxy) is 7. The van der Waals surface area contributed by atoms with Crippen molar-refractivity contribution in [2.45, 2.75) is 25.7 Å². The Hall–Kier alpha value is -3.14. The van der Waals surface area contributed by atoms with Crippen LogP contribution >= 0.6 is 0 Å². The first-order valence-corrected chi connectivity index (χ1v) is 12.5. The van der Waals surface area contributed by atoms with Gasteiger partial charge < -0.3 is 33.2 Å². The summed E-state index contributed by atoms with van der Waals surface area (Å²) in [5, 5.41) is 0. The van der Waals surface area contributed by atoms with E-state index < -0.39 is 0 Å². The van der Waals surface area contributed by atoms with E-state index in [-0.39, 0.29) is 23.8 Å². The Kier molecular flexibility index (Phi) is 12.2. The second-order valence-electron chi connectivity index (χ2n) is 8.63. The van der Waals surface area contributed by atoms with Crippen molar-refractivity contribution in [1.29, 1.82) is 0 Å². The van der Waals surface area contributed by atoms with Gasteiger partial charge in [0, 0.05) is 14.2 Å². The van der Waals surface area contributed by atoms with Crippen LogP contribution in [0, 0.1) is 11.8 Å². The zero-order valence-corrected chi connectivity index (χ0v) is 21.5. The molecule has 0 bridgehead atoms. The Morgan fingerprint density at radius 1 is 0.568 bits per heavy atom. The van der Waals surface area contributed by atoms with Gasteiger partial charge in [-0.25, -0.2) is 0 Å². The normalized spacial score (nSPS) is 17.1. The van der Waals surface area contributed by atoms with Crippen LogP contribution in [0.15, 0.2) is 48.5 Å². The number of esters is 2. The Labute approximate surface area is 217 Å². The van der Waals surface area contributed by atoms with Gasteiger partial charge in [0.2, 0.25) is 0 Å². The number of rotatable bonds is 15. The molecule has 0 amide bonds. The molecule has 0 atom stereocenters. The Balaban J connectivity index is 1.35. The van der Waals surface area contributed by atoms with Crippen LogP contribution in [-0.4, -0.2) is 65.8 Å². The lowest BCUT2D eigenvalue weighted by Crippen LogP contribution is -2.30. The smallest absolute Gasteiger partial charge is 0.314 e. The molecule has 1 fully saturated rings. The van der Waals surface area contributed by atoms with Crippen molar-refractivity contribution in [2.75, 3.05) is 53.9 Å². The second-order valence-corrected chi connectivity index (χ2v) is 8.63. The van der Waals surface area contributed by atoms with Crippen LogP contribution in [0.2, 0.25) is 0 Å². The fraction of sp³-hybridized carbons (Fsp3) is 0.500. The zero-order valence-electron chi connectivity index (χ0n) is 21.5. The van der Waals surface area contributed by atoms with E-state index >= 15 is 0 Å². The molecule has 0 saturated heterocycles. The van der Waals surface area contributed by atoms with E-state index in [1.54, 1.807) is 62.8 Å². The number of carbonyl (C=O) groups is 2. The van der Waals surface area contributed by atoms with Gasteiger partial charge in [-0.15, -0.1) is 0 Å². The molecule has 1 aliphatic rings. The third-order valence-electron chi connectivity index (χ3n) is 5.96. The van der Waals surface area contributed by atoms with Crippen LogP contribution in [-0.2, 0) is 23.8 Å². The molecule has 0 aromatic heterocycles. The number of benzene rings is 2. The quantitative estimate of drug-likeness (QED) is 0.197. The fourth-order valence-electron chi connectivity index (χ4n) is 3.88. The molecule has 1 aliphatic carbocycles. The molecule has 202 valence electrons. The number of hydrogen-bond acceptors (Lipinski definition) is 9. The third kappa shape index (κ3) is 10.0. The molecule has 2 aromatic carbocycles. The average Bonchev–Trinajstić information content (AvgIpc) is 2.92. The Morgan fingerprint density at radius 3 is 1.35 bits per heavy atom. The number of hydrogen-bond donors (Lipinski definition) is 0. The maximum atomic E-state index is 12.6. The monoisotopic (exact) mass is 516 g/mol. The van der Waals surface area contributed by atoms with E-state index in [4.69, 9.17) is 33.2 Å². The minimum absolute atomic E-state index is 0.239. The average molecular weight is 517 g/mol. The van der Waals surface area contributed by atoms with E-state index in [2.05, 4.69) is 0 Å². The highest BCUT2D eigenvalue weighted by Crippen LogP contribution is 2.32. The minimum atomic E-state index is -0.281. The minimum Gasteiger partial charge on any atom is -0.491 e. The summed E-state index contributed by atoms with van der Waals surface area (Å²) in [4.78, 5) is 25.2. The molecule has 2 aromatic rings. The summed E-state index contributed by atoms with van der Waals surface area (Å²) in [5.41, 5.74) is 0. The molecular weight excluding hydrogens is 480 g/mol. The predicted molar refractivity (Wildman–Crippen MR) is 135 cm³/mol. The lowest BCUT2D eigenvalue weighted by atomic mass is 9.82. The van der Waals surface area contributed by atoms with Crippen molar-refractivity contribution in [2.24, 2.45) is 11.8 Å². The Bertz CT molecular complexity index is 935. The maximum Gasteiger partial charge on any atom is 0.314 e. The molecule has 0 spiro atoms. The van der Waals surface area contributed by atoms with Crippen molar-refractivity contribution < 1.29 is 42.7 Å². The lowest BCUT2D eigenvalue weighted by Gasteiger charge is -2.25. The van der Waals surface area contributed by atoms with Gasteiger partial charge >= 0.3 is 11.9 Å². The molecule has 0 heterocycles. The topological polar surface area (TPSA) is 98.8 Å². The molecule has 0 N–H and O–H groups in total. The van der Waals surface area contributed by atoms with Gasteiger partial charge in [-0.05, 0) is 74.2 Å². The second kappa shape index (κ2) is 15.9. The van der Waals surface area contributed by atoms with Crippen molar-refractivity contribution in [1.82, 2.24) is 0 Å². The summed E-state index contributed by atoms with van der Waals surface area (Å²) in [5.74, 6) is 1.24. The third-order valence-corrected chi connectivity index (χ3v) is 5.96. The van der Waals surface area contributed by atoms with Gasteiger partial charge in [0.15, 0.2) is 0 Å². The molecule has 3 rings (SSSR count). The summed E-state index contributed by atoms with van der Waals surface area (Å²) in [6.07, 6.45) is 2.32. The van der Waals surface area contributed by atoms with E-state index in [9.17, 15) is 9.59 Å². The summed E-state index contributed by atoms with van der Waals surface area (Å²) >= 11 is 0. The highest BCUT2D eigenvalue weighted by Gasteiger charge is 2.32. The lowest BCUT2D eigenvalue weighted by molar-refractivity contribution is -0.145. The van der Waals surface area contributed by atoms with Crippen molar-refractivity contribution in [3.63, 3.8) is 0 Å². The van der Waals surface area contributed by atoms with Crippen molar-refractivity contribution in [3.8, 4) is 23.0 Å². The molecule has 0 unspecified atom stereocenters. The molecule has 9 heteroatoms. The molecule has 37 heavy (non-hydrogen) atoms. The first-order valence-electron chi connectivity index (χ1n) is 12.5. The molecule has 0 radical (unpaired) electrons. The standard InChI is InChI=1S/C28H36O9/c1-31-15-17-33-18-20-35-24-9-13-26(14-10-24)37-28(30)22-5-3-21(4-6-22)27(29)36-25-11-7-23(8-12-25)34-19-16-32-2/h7-14,21-22H,3-6,15-20H2,1-2H3. The van der Waals surface area contributed by atoms with Gasteiger partial charge in [0.1, 0.15) is 36.2 Å². The van der Waals surface area contributed by atoms with Crippen LogP contribution in [0.25, 0.3) is 0 Å². The molecule has 1 saturated carbocycles. The van der Waals surface area contributed by atoms with E-state index in [0.29, 0.717) is 88.3 Å². The van der Waals surface area contributed by atoms with E-state index in [1.165, 1.54) is 0 Å². The first-order chi connectivity index (χ1) is 18.1. The van der Waals surface area contributed by atoms with Gasteiger partial charge in [0.05, 0.1) is 38.3 Å². The SMILES string of the molecule is COCCOCCOc1ccc(OC(=O)C2CCC(C(=O)Oc3ccc(OCCOC)cc3)CC2)cc1. The summed E-state index contributed by atoms with van der Waals surface area (Å²) in [6.45, 7) is 2.91. The van der Waals surface area contributed by atoms with Crippen LogP contribution in [0.4, 0.5) is 0 Å². The van der Waals surface area contributed by atoms with Crippen molar-refractivity contribution >= 4 is 11.9 Å². The van der Waals surface area contributed by atoms with E-state index in [0.717, 1.165) is 0 Å². The van der Waals surface area contributed by atoms with Crippen LogP contribution in [0.1, 0.15) is 25.7 Å². The van der Waals surface area contributed by atoms with Gasteiger partial charge in [0.25, 0.3) is 0 Å². The first kappa shape index (κ1) is 28.4. The highest BCUT2D eigenvalue weighted by atomic mass is 16.5. The molecule has 0 aliphatic heterocycles. The van der Waals surface area contributed by atoms with Crippen LogP contribution < -0.4 is 18.9 Å². The van der Waals surface area contributed by atoms with E-state index in [1.807, 2.05) is 0 Å². The predicted octanol–water partition coefficient (Wildman–Crippen LogP) is 4.07. The fourth-order valence-corrected chi connectivity index (χ4v) is 3.88.